The van der Waals surface area contributed by atoms with Crippen LogP contribution in [0.25, 0.3) is 0 Å². The van der Waals surface area contributed by atoms with E-state index in [1.165, 1.54) is 7.11 Å². The number of phenols is 1. The number of hydrogen-bond donors (Lipinski definition) is 1. The van der Waals surface area contributed by atoms with E-state index in [1.807, 2.05) is 25.1 Å². The van der Waals surface area contributed by atoms with Crippen LogP contribution < -0.4 is 14.2 Å². The molecule has 2 aliphatic carbocycles. The SMILES string of the molecule is COc1ccc([C@@H]2C3=C(C[C@@H](c4ccc(OC)c(OC)c4)CC3=O)N=C(C)C2C(=O)OC2CCCCC2)cc1O. The summed E-state index contributed by atoms with van der Waals surface area (Å²) in [6.07, 6.45) is 5.62. The molecule has 3 atom stereocenters. The van der Waals surface area contributed by atoms with E-state index >= 15 is 0 Å². The Balaban J connectivity index is 1.54. The number of carbonyl (C=O) groups excluding carboxylic acids is 2. The summed E-state index contributed by atoms with van der Waals surface area (Å²) in [6, 6.07) is 10.8. The Morgan fingerprint density at radius 1 is 0.875 bits per heavy atom. The normalized spacial score (nSPS) is 23.2. The second-order valence-electron chi connectivity index (χ2n) is 10.8. The van der Waals surface area contributed by atoms with Crippen molar-refractivity contribution in [2.24, 2.45) is 10.9 Å². The summed E-state index contributed by atoms with van der Waals surface area (Å²) in [7, 11) is 4.66. The number of benzene rings is 2. The molecule has 5 rings (SSSR count). The van der Waals surface area contributed by atoms with Crippen molar-refractivity contribution in [2.75, 3.05) is 21.3 Å². The Morgan fingerprint density at radius 3 is 2.23 bits per heavy atom. The van der Waals surface area contributed by atoms with Crippen molar-refractivity contribution in [3.63, 3.8) is 0 Å². The maximum absolute atomic E-state index is 13.9. The first-order valence-corrected chi connectivity index (χ1v) is 13.9. The molecule has 1 fully saturated rings. The highest BCUT2D eigenvalue weighted by Crippen LogP contribution is 2.48. The number of ketones is 1. The van der Waals surface area contributed by atoms with Gasteiger partial charge in [0, 0.05) is 29.3 Å². The minimum atomic E-state index is -0.755. The summed E-state index contributed by atoms with van der Waals surface area (Å²) in [5.74, 6) is -0.390. The number of rotatable bonds is 7. The van der Waals surface area contributed by atoms with Gasteiger partial charge in [0.2, 0.25) is 0 Å². The van der Waals surface area contributed by atoms with E-state index in [9.17, 15) is 14.7 Å². The van der Waals surface area contributed by atoms with Crippen molar-refractivity contribution in [1.82, 2.24) is 0 Å². The van der Waals surface area contributed by atoms with Gasteiger partial charge in [-0.25, -0.2) is 0 Å². The van der Waals surface area contributed by atoms with Crippen LogP contribution in [0.5, 0.6) is 23.0 Å². The molecule has 0 amide bonds. The highest BCUT2D eigenvalue weighted by Gasteiger charge is 2.45. The predicted octanol–water partition coefficient (Wildman–Crippen LogP) is 5.87. The monoisotopic (exact) mass is 547 g/mol. The van der Waals surface area contributed by atoms with Crippen molar-refractivity contribution in [3.05, 3.63) is 58.8 Å². The molecule has 0 spiro atoms. The van der Waals surface area contributed by atoms with Crippen LogP contribution in [-0.2, 0) is 14.3 Å². The van der Waals surface area contributed by atoms with Crippen LogP contribution in [0, 0.1) is 5.92 Å². The third-order valence-corrected chi connectivity index (χ3v) is 8.42. The molecule has 0 saturated heterocycles. The van der Waals surface area contributed by atoms with Crippen LogP contribution in [0.1, 0.15) is 74.8 Å². The molecule has 1 heterocycles. The molecule has 8 heteroatoms. The smallest absolute Gasteiger partial charge is 0.315 e. The molecule has 0 radical (unpaired) electrons. The minimum absolute atomic E-state index is 0.0480. The Kier molecular flexibility index (Phi) is 8.14. The highest BCUT2D eigenvalue weighted by atomic mass is 16.5. The second kappa shape index (κ2) is 11.7. The van der Waals surface area contributed by atoms with Gasteiger partial charge in [0.15, 0.2) is 28.8 Å². The number of methoxy groups -OCH3 is 3. The first-order valence-electron chi connectivity index (χ1n) is 13.9. The van der Waals surface area contributed by atoms with Crippen molar-refractivity contribution in [3.8, 4) is 23.0 Å². The van der Waals surface area contributed by atoms with Gasteiger partial charge in [-0.15, -0.1) is 0 Å². The average Bonchev–Trinajstić information content (AvgIpc) is 2.96. The summed E-state index contributed by atoms with van der Waals surface area (Å²) in [4.78, 5) is 32.5. The summed E-state index contributed by atoms with van der Waals surface area (Å²) in [5.41, 5.74) is 3.43. The first-order chi connectivity index (χ1) is 19.3. The number of Topliss-reactive ketones (excluding diaryl/α,β-unsaturated/α-hetero) is 1. The van der Waals surface area contributed by atoms with Gasteiger partial charge in [-0.1, -0.05) is 18.6 Å². The lowest BCUT2D eigenvalue weighted by atomic mass is 9.69. The quantitative estimate of drug-likeness (QED) is 0.433. The lowest BCUT2D eigenvalue weighted by molar-refractivity contribution is -0.153. The summed E-state index contributed by atoms with van der Waals surface area (Å²) in [5, 5.41) is 10.6. The fraction of sp³-hybridized carbons (Fsp3) is 0.469. The van der Waals surface area contributed by atoms with E-state index in [0.29, 0.717) is 46.2 Å². The van der Waals surface area contributed by atoms with E-state index in [-0.39, 0.29) is 35.9 Å². The standard InChI is InChI=1S/C32H37NO7/c1-18-29(32(36)40-22-8-6-5-7-9-22)30(20-11-12-26(37-2)24(34)15-20)31-23(33-18)14-21(16-25(31)35)19-10-13-27(38-3)28(17-19)39-4/h10-13,15,17,21-22,29-30,34H,5-9,14,16H2,1-4H3/t21-,29?,30+/m1/s1. The predicted molar refractivity (Wildman–Crippen MR) is 151 cm³/mol. The van der Waals surface area contributed by atoms with Crippen molar-refractivity contribution in [1.29, 1.82) is 0 Å². The van der Waals surface area contributed by atoms with Crippen LogP contribution in [0.15, 0.2) is 52.7 Å². The second-order valence-corrected chi connectivity index (χ2v) is 10.8. The lowest BCUT2D eigenvalue weighted by Gasteiger charge is -2.37. The van der Waals surface area contributed by atoms with E-state index in [1.54, 1.807) is 32.4 Å². The van der Waals surface area contributed by atoms with Crippen LogP contribution in [0.3, 0.4) is 0 Å². The first kappa shape index (κ1) is 27.7. The van der Waals surface area contributed by atoms with Crippen molar-refractivity contribution >= 4 is 17.5 Å². The van der Waals surface area contributed by atoms with E-state index in [2.05, 4.69) is 0 Å². The summed E-state index contributed by atoms with van der Waals surface area (Å²) >= 11 is 0. The zero-order valence-electron chi connectivity index (χ0n) is 23.6. The van der Waals surface area contributed by atoms with Gasteiger partial charge in [-0.05, 0) is 80.3 Å². The van der Waals surface area contributed by atoms with Crippen LogP contribution in [0.2, 0.25) is 0 Å². The number of phenolic OH excluding ortho intramolecular Hbond substituents is 1. The number of allylic oxidation sites excluding steroid dienone is 2. The molecule has 1 aliphatic heterocycles. The molecule has 2 aromatic rings. The molecule has 40 heavy (non-hydrogen) atoms. The molecule has 1 unspecified atom stereocenters. The van der Waals surface area contributed by atoms with Crippen LogP contribution in [-0.4, -0.2) is 50.0 Å². The van der Waals surface area contributed by atoms with Gasteiger partial charge < -0.3 is 24.1 Å². The van der Waals surface area contributed by atoms with E-state index in [4.69, 9.17) is 23.9 Å². The average molecular weight is 548 g/mol. The Bertz CT molecular complexity index is 1360. The van der Waals surface area contributed by atoms with Crippen molar-refractivity contribution in [2.45, 2.75) is 69.8 Å². The van der Waals surface area contributed by atoms with Gasteiger partial charge in [0.25, 0.3) is 0 Å². The number of esters is 1. The maximum atomic E-state index is 13.9. The third-order valence-electron chi connectivity index (χ3n) is 8.42. The van der Waals surface area contributed by atoms with Gasteiger partial charge in [0.1, 0.15) is 12.0 Å². The van der Waals surface area contributed by atoms with E-state index < -0.39 is 11.8 Å². The largest absolute Gasteiger partial charge is 0.504 e. The van der Waals surface area contributed by atoms with Crippen LogP contribution in [0.4, 0.5) is 0 Å². The maximum Gasteiger partial charge on any atom is 0.315 e. The summed E-state index contributed by atoms with van der Waals surface area (Å²) in [6.45, 7) is 1.83. The van der Waals surface area contributed by atoms with Crippen LogP contribution >= 0.6 is 0 Å². The molecule has 0 aromatic heterocycles. The number of nitrogens with zero attached hydrogens (tertiary/aromatic N) is 1. The fourth-order valence-corrected chi connectivity index (χ4v) is 6.39. The topological polar surface area (TPSA) is 104 Å². The summed E-state index contributed by atoms with van der Waals surface area (Å²) < 4.78 is 22.1. The number of hydrogen-bond acceptors (Lipinski definition) is 8. The Hall–Kier alpha value is -3.81. The molecular weight excluding hydrogens is 510 g/mol. The Labute approximate surface area is 235 Å². The van der Waals surface area contributed by atoms with E-state index in [0.717, 1.165) is 37.7 Å². The number of aliphatic imine (C=N–C) groups is 1. The number of carbonyl (C=O) groups is 2. The van der Waals surface area contributed by atoms with Crippen molar-refractivity contribution < 1.29 is 33.6 Å². The van der Waals surface area contributed by atoms with Gasteiger partial charge in [0.05, 0.1) is 21.3 Å². The third kappa shape index (κ3) is 5.31. The molecule has 3 aliphatic rings. The molecule has 1 saturated carbocycles. The molecular formula is C32H37NO7. The zero-order valence-corrected chi connectivity index (χ0v) is 23.6. The molecule has 8 nitrogen and oxygen atoms in total. The molecule has 0 bridgehead atoms. The lowest BCUT2D eigenvalue weighted by Crippen LogP contribution is -2.39. The zero-order chi connectivity index (χ0) is 28.4. The molecule has 212 valence electrons. The highest BCUT2D eigenvalue weighted by molar-refractivity contribution is 6.09. The Morgan fingerprint density at radius 2 is 1.55 bits per heavy atom. The van der Waals surface area contributed by atoms with Gasteiger partial charge in [-0.2, -0.15) is 0 Å². The molecule has 1 N–H and O–H groups in total. The molecule has 2 aromatic carbocycles. The fourth-order valence-electron chi connectivity index (χ4n) is 6.39. The van der Waals surface area contributed by atoms with Gasteiger partial charge >= 0.3 is 5.97 Å². The number of aromatic hydroxyl groups is 1. The minimum Gasteiger partial charge on any atom is -0.504 e. The van der Waals surface area contributed by atoms with Gasteiger partial charge in [-0.3, -0.25) is 14.6 Å². The number of ether oxygens (including phenoxy) is 4.